The van der Waals surface area contributed by atoms with Crippen molar-refractivity contribution in [3.63, 3.8) is 0 Å². The van der Waals surface area contributed by atoms with Gasteiger partial charge in [0.2, 0.25) is 0 Å². The van der Waals surface area contributed by atoms with E-state index in [-0.39, 0.29) is 6.29 Å². The van der Waals surface area contributed by atoms with Crippen LogP contribution in [0.3, 0.4) is 0 Å². The van der Waals surface area contributed by atoms with E-state index in [1.807, 2.05) is 0 Å². The van der Waals surface area contributed by atoms with Crippen molar-refractivity contribution in [1.29, 1.82) is 0 Å². The molecule has 3 heteroatoms. The lowest BCUT2D eigenvalue weighted by Gasteiger charge is -2.24. The van der Waals surface area contributed by atoms with E-state index in [4.69, 9.17) is 9.16 Å². The van der Waals surface area contributed by atoms with Crippen molar-refractivity contribution >= 4 is 41.0 Å². The van der Waals surface area contributed by atoms with E-state index in [1.54, 1.807) is 7.11 Å². The van der Waals surface area contributed by atoms with Crippen molar-refractivity contribution in [3.8, 4) is 0 Å². The Balaban J connectivity index is 1.94. The lowest BCUT2D eigenvalue weighted by atomic mass is 10.1. The number of hydrogen-bond acceptors (Lipinski definition) is 2. The molecular weight excluding hydrogens is 348 g/mol. The molecule has 27 heavy (non-hydrogen) atoms. The summed E-state index contributed by atoms with van der Waals surface area (Å²) in [6.45, 7) is 2.10. The maximum absolute atomic E-state index is 6.62. The Morgan fingerprint density at radius 3 is 1.67 bits per heavy atom. The predicted octanol–water partition coefficient (Wildman–Crippen LogP) is 4.50. The molecule has 0 saturated heterocycles. The van der Waals surface area contributed by atoms with Crippen molar-refractivity contribution in [2.75, 3.05) is 7.11 Å². The van der Waals surface area contributed by atoms with Crippen molar-refractivity contribution < 1.29 is 9.16 Å². The fraction of sp³-hybridized carbons (Fsp3) is 0.167. The molecule has 0 heterocycles. The molecule has 2 nitrogen and oxygen atoms in total. The third-order valence-corrected chi connectivity index (χ3v) is 7.26. The first-order valence-electron chi connectivity index (χ1n) is 9.34. The molecule has 0 N–H and O–H groups in total. The van der Waals surface area contributed by atoms with E-state index in [1.165, 1.54) is 31.9 Å². The molecule has 0 amide bonds. The smallest absolute Gasteiger partial charge is 0.287 e. The van der Waals surface area contributed by atoms with E-state index in [0.717, 1.165) is 6.42 Å². The van der Waals surface area contributed by atoms with Crippen LogP contribution in [0.15, 0.2) is 84.9 Å². The summed E-state index contributed by atoms with van der Waals surface area (Å²) in [6.07, 6.45) is 0.608. The lowest BCUT2D eigenvalue weighted by Crippen LogP contribution is -2.48. The minimum atomic E-state index is -1.50. The zero-order valence-electron chi connectivity index (χ0n) is 15.7. The van der Waals surface area contributed by atoms with Crippen LogP contribution in [0.1, 0.15) is 13.3 Å². The summed E-state index contributed by atoms with van der Waals surface area (Å²) >= 11 is 0. The molecule has 0 aliphatic heterocycles. The topological polar surface area (TPSA) is 18.5 Å². The summed E-state index contributed by atoms with van der Waals surface area (Å²) in [5, 5.41) is 7.54. The summed E-state index contributed by atoms with van der Waals surface area (Å²) in [6, 6.07) is 30.1. The molecule has 0 aliphatic carbocycles. The number of methoxy groups -OCH3 is 1. The minimum absolute atomic E-state index is 0.211. The molecular formula is C24H23O2Si. The van der Waals surface area contributed by atoms with E-state index < -0.39 is 9.04 Å². The number of hydrogen-bond donors (Lipinski definition) is 0. The maximum atomic E-state index is 6.62. The average Bonchev–Trinajstić information content (AvgIpc) is 2.74. The number of fused-ring (bicyclic) bond motifs is 2. The van der Waals surface area contributed by atoms with Gasteiger partial charge in [-0.2, -0.15) is 0 Å². The molecule has 0 aliphatic rings. The second-order valence-electron chi connectivity index (χ2n) is 6.57. The third-order valence-electron chi connectivity index (χ3n) is 4.91. The molecule has 0 spiro atoms. The number of benzene rings is 4. The molecule has 4 aromatic carbocycles. The fourth-order valence-corrected chi connectivity index (χ4v) is 6.06. The quantitative estimate of drug-likeness (QED) is 0.367. The zero-order chi connectivity index (χ0) is 18.6. The Hall–Kier alpha value is -2.46. The first-order chi connectivity index (χ1) is 13.3. The summed E-state index contributed by atoms with van der Waals surface area (Å²) in [7, 11) is 0.224. The van der Waals surface area contributed by atoms with E-state index in [0.29, 0.717) is 0 Å². The summed E-state index contributed by atoms with van der Waals surface area (Å²) in [4.78, 5) is 0. The van der Waals surface area contributed by atoms with Crippen LogP contribution in [0.4, 0.5) is 0 Å². The molecule has 0 bridgehead atoms. The molecule has 1 unspecified atom stereocenters. The molecule has 0 fully saturated rings. The SMILES string of the molecule is CCC(OC)O[Si](c1cccc2ccccc12)c1cccc2ccccc12. The van der Waals surface area contributed by atoms with Gasteiger partial charge in [-0.1, -0.05) is 91.9 Å². The monoisotopic (exact) mass is 371 g/mol. The van der Waals surface area contributed by atoms with Crippen LogP contribution in [0, 0.1) is 0 Å². The van der Waals surface area contributed by atoms with Crippen molar-refractivity contribution in [1.82, 2.24) is 0 Å². The number of ether oxygens (including phenoxy) is 1. The van der Waals surface area contributed by atoms with Gasteiger partial charge < -0.3 is 9.16 Å². The normalized spacial score (nSPS) is 12.7. The summed E-state index contributed by atoms with van der Waals surface area (Å²) in [5.41, 5.74) is 0. The minimum Gasteiger partial charge on any atom is -0.382 e. The Morgan fingerprint density at radius 1 is 0.704 bits per heavy atom. The predicted molar refractivity (Wildman–Crippen MR) is 115 cm³/mol. The molecule has 4 rings (SSSR count). The molecule has 1 atom stereocenters. The van der Waals surface area contributed by atoms with Crippen LogP contribution in [-0.2, 0) is 9.16 Å². The van der Waals surface area contributed by atoms with E-state index >= 15 is 0 Å². The summed E-state index contributed by atoms with van der Waals surface area (Å²) < 4.78 is 12.2. The van der Waals surface area contributed by atoms with Crippen LogP contribution in [0.2, 0.25) is 0 Å². The van der Waals surface area contributed by atoms with Crippen molar-refractivity contribution in [3.05, 3.63) is 84.9 Å². The van der Waals surface area contributed by atoms with Gasteiger partial charge in [0.05, 0.1) is 0 Å². The van der Waals surface area contributed by atoms with Gasteiger partial charge in [0.25, 0.3) is 9.04 Å². The third kappa shape index (κ3) is 3.54. The van der Waals surface area contributed by atoms with Gasteiger partial charge in [-0.25, -0.2) is 0 Å². The standard InChI is InChI=1S/C24H23O2Si/c1-3-24(25-2)26-27(22-16-8-12-18-10-4-6-14-20(18)22)23-17-9-13-19-11-5-7-15-21(19)23/h4-17,24H,3H2,1-2H3. The second-order valence-corrected chi connectivity index (χ2v) is 8.55. The highest BCUT2D eigenvalue weighted by Crippen LogP contribution is 2.17. The van der Waals surface area contributed by atoms with Crippen molar-refractivity contribution in [2.24, 2.45) is 0 Å². The fourth-order valence-electron chi connectivity index (χ4n) is 3.55. The Labute approximate surface area is 162 Å². The first kappa shape index (κ1) is 17.9. The van der Waals surface area contributed by atoms with Gasteiger partial charge >= 0.3 is 0 Å². The maximum Gasteiger partial charge on any atom is 0.287 e. The highest BCUT2D eigenvalue weighted by atomic mass is 28.3. The van der Waals surface area contributed by atoms with E-state index in [2.05, 4.69) is 91.9 Å². The van der Waals surface area contributed by atoms with Gasteiger partial charge in [0.1, 0.15) is 6.29 Å². The highest BCUT2D eigenvalue weighted by Gasteiger charge is 2.26. The van der Waals surface area contributed by atoms with Gasteiger partial charge in [-0.3, -0.25) is 0 Å². The summed E-state index contributed by atoms with van der Waals surface area (Å²) in [5.74, 6) is 0. The number of rotatable bonds is 6. The van der Waals surface area contributed by atoms with Crippen molar-refractivity contribution in [2.45, 2.75) is 19.6 Å². The van der Waals surface area contributed by atoms with Crippen LogP contribution < -0.4 is 10.4 Å². The van der Waals surface area contributed by atoms with Crippen LogP contribution >= 0.6 is 0 Å². The van der Waals surface area contributed by atoms with Crippen LogP contribution in [0.5, 0.6) is 0 Å². The first-order valence-corrected chi connectivity index (χ1v) is 10.8. The zero-order valence-corrected chi connectivity index (χ0v) is 16.7. The molecule has 0 aromatic heterocycles. The second kappa shape index (κ2) is 8.05. The van der Waals surface area contributed by atoms with Gasteiger partial charge in [-0.05, 0) is 38.3 Å². The van der Waals surface area contributed by atoms with Gasteiger partial charge in [-0.15, -0.1) is 0 Å². The molecule has 0 saturated carbocycles. The highest BCUT2D eigenvalue weighted by molar-refractivity contribution is 6.83. The van der Waals surface area contributed by atoms with Crippen LogP contribution in [0.25, 0.3) is 21.5 Å². The molecule has 1 radical (unpaired) electrons. The Kier molecular flexibility index (Phi) is 5.34. The Morgan fingerprint density at radius 2 is 1.19 bits per heavy atom. The van der Waals surface area contributed by atoms with E-state index in [9.17, 15) is 0 Å². The molecule has 4 aromatic rings. The largest absolute Gasteiger partial charge is 0.382 e. The molecule has 135 valence electrons. The van der Waals surface area contributed by atoms with Gasteiger partial charge in [0.15, 0.2) is 0 Å². The Bertz CT molecular complexity index is 966. The lowest BCUT2D eigenvalue weighted by molar-refractivity contribution is -0.0548. The van der Waals surface area contributed by atoms with Gasteiger partial charge in [0, 0.05) is 7.11 Å². The average molecular weight is 372 g/mol. The van der Waals surface area contributed by atoms with Crippen LogP contribution in [-0.4, -0.2) is 22.4 Å².